The van der Waals surface area contributed by atoms with Crippen molar-refractivity contribution >= 4 is 21.4 Å². The minimum atomic E-state index is -2.89. The molecule has 0 bridgehead atoms. The van der Waals surface area contributed by atoms with Crippen molar-refractivity contribution in [3.8, 4) is 28.8 Å². The van der Waals surface area contributed by atoms with Crippen molar-refractivity contribution in [2.24, 2.45) is 5.92 Å². The SMILES string of the molecule is N#CC1(NC(=O)[C@H]2CCCC(F)(F)C2)CC1.O=S1(=O)CCN(c2ccc(-c3cnc(-c4ccc(F)cc4)o3)cc2)CC1.[HH]. The molecule has 2 heterocycles. The lowest BCUT2D eigenvalue weighted by atomic mass is 9.86. The number of benzene rings is 2. The van der Waals surface area contributed by atoms with Crippen LogP contribution in [-0.4, -0.2) is 55.4 Å². The Kier molecular flexibility index (Phi) is 8.32. The number of nitriles is 1. The summed E-state index contributed by atoms with van der Waals surface area (Å²) in [7, 11) is -2.89. The predicted molar refractivity (Wildman–Crippen MR) is 153 cm³/mol. The Morgan fingerprint density at radius 2 is 1.69 bits per heavy atom. The van der Waals surface area contributed by atoms with Gasteiger partial charge in [-0.2, -0.15) is 5.26 Å². The molecule has 42 heavy (non-hydrogen) atoms. The van der Waals surface area contributed by atoms with Crippen LogP contribution in [0.25, 0.3) is 22.8 Å². The number of nitrogens with zero attached hydrogens (tertiary/aromatic N) is 3. The number of hydrogen-bond acceptors (Lipinski definition) is 7. The van der Waals surface area contributed by atoms with Crippen LogP contribution in [0, 0.1) is 23.1 Å². The third-order valence-electron chi connectivity index (χ3n) is 7.80. The van der Waals surface area contributed by atoms with Crippen LogP contribution in [0.3, 0.4) is 0 Å². The number of amides is 1. The van der Waals surface area contributed by atoms with Crippen LogP contribution in [0.5, 0.6) is 0 Å². The number of carbonyl (C=O) groups excluding carboxylic acids is 1. The second-order valence-corrected chi connectivity index (χ2v) is 13.4. The first-order valence-corrected chi connectivity index (χ1v) is 15.7. The molecule has 0 spiro atoms. The molecule has 3 aromatic rings. The number of halogens is 3. The number of rotatable bonds is 5. The number of anilines is 1. The van der Waals surface area contributed by atoms with E-state index >= 15 is 0 Å². The third-order valence-corrected chi connectivity index (χ3v) is 9.40. The largest absolute Gasteiger partial charge is 0.436 e. The highest BCUT2D eigenvalue weighted by atomic mass is 32.2. The molecule has 1 atom stereocenters. The van der Waals surface area contributed by atoms with Crippen molar-refractivity contribution in [3.63, 3.8) is 0 Å². The first-order valence-electron chi connectivity index (χ1n) is 13.9. The Hall–Kier alpha value is -3.85. The molecule has 224 valence electrons. The van der Waals surface area contributed by atoms with Gasteiger partial charge in [-0.05, 0) is 74.2 Å². The summed E-state index contributed by atoms with van der Waals surface area (Å²) in [4.78, 5) is 18.0. The molecule has 0 radical (unpaired) electrons. The van der Waals surface area contributed by atoms with Crippen LogP contribution in [0.1, 0.15) is 40.0 Å². The minimum Gasteiger partial charge on any atom is -0.436 e. The van der Waals surface area contributed by atoms with E-state index in [2.05, 4.69) is 15.2 Å². The van der Waals surface area contributed by atoms with E-state index in [-0.39, 0.29) is 37.5 Å². The Morgan fingerprint density at radius 1 is 1.05 bits per heavy atom. The van der Waals surface area contributed by atoms with Crippen LogP contribution in [0.4, 0.5) is 18.9 Å². The molecule has 2 aromatic carbocycles. The molecule has 12 heteroatoms. The molecule has 8 nitrogen and oxygen atoms in total. The van der Waals surface area contributed by atoms with Gasteiger partial charge in [-0.3, -0.25) is 4.79 Å². The molecule has 1 aliphatic heterocycles. The van der Waals surface area contributed by atoms with Gasteiger partial charge in [0, 0.05) is 50.1 Å². The second kappa shape index (κ2) is 11.8. The maximum absolute atomic E-state index is 13.1. The molecular weight excluding hydrogens is 569 g/mol. The van der Waals surface area contributed by atoms with Gasteiger partial charge in [0.2, 0.25) is 17.7 Å². The van der Waals surface area contributed by atoms with Gasteiger partial charge in [0.05, 0.1) is 23.8 Å². The van der Waals surface area contributed by atoms with Gasteiger partial charge in [0.25, 0.3) is 0 Å². The number of carbonyl (C=O) groups is 1. The molecule has 6 rings (SSSR count). The fraction of sp³-hybridized carbons (Fsp3) is 0.433. The Bertz CT molecular complexity index is 1560. The highest BCUT2D eigenvalue weighted by Gasteiger charge is 2.47. The fourth-order valence-corrected chi connectivity index (χ4v) is 6.27. The Labute approximate surface area is 243 Å². The summed E-state index contributed by atoms with van der Waals surface area (Å²) in [6.45, 7) is 1.03. The van der Waals surface area contributed by atoms with E-state index in [0.29, 0.717) is 56.0 Å². The summed E-state index contributed by atoms with van der Waals surface area (Å²) in [5, 5.41) is 11.4. The van der Waals surface area contributed by atoms with Crippen LogP contribution in [0.15, 0.2) is 59.1 Å². The average molecular weight is 603 g/mol. The first kappa shape index (κ1) is 29.6. The van der Waals surface area contributed by atoms with Gasteiger partial charge in [0.15, 0.2) is 15.6 Å². The normalized spacial score (nSPS) is 21.8. The summed E-state index contributed by atoms with van der Waals surface area (Å²) in [5.41, 5.74) is 1.83. The van der Waals surface area contributed by atoms with Crippen molar-refractivity contribution in [2.75, 3.05) is 29.5 Å². The van der Waals surface area contributed by atoms with Gasteiger partial charge in [-0.1, -0.05) is 0 Å². The maximum atomic E-state index is 13.1. The number of alkyl halides is 2. The standard InChI is InChI=1S/C19H17FN2O3S.C11H14F2N2O.H2/c20-16-5-1-15(2-6-16)19-21-13-18(25-19)14-3-7-17(8-4-14)22-9-11-26(23,24)12-10-22;12-11(13)3-1-2-8(6-11)9(16)15-10(7-14)4-5-10;/h1-8,13H,9-12H2;8H,1-6H2,(H,15,16);1H/t;8-;/m.0./s1. The monoisotopic (exact) mass is 602 g/mol. The van der Waals surface area contributed by atoms with Gasteiger partial charge >= 0.3 is 0 Å². The lowest BCUT2D eigenvalue weighted by molar-refractivity contribution is -0.132. The summed E-state index contributed by atoms with van der Waals surface area (Å²) in [6.07, 6.45) is 3.30. The van der Waals surface area contributed by atoms with E-state index in [1.165, 1.54) is 12.1 Å². The Morgan fingerprint density at radius 3 is 2.29 bits per heavy atom. The van der Waals surface area contributed by atoms with E-state index in [4.69, 9.17) is 9.68 Å². The predicted octanol–water partition coefficient (Wildman–Crippen LogP) is 5.61. The van der Waals surface area contributed by atoms with E-state index in [1.54, 1.807) is 18.3 Å². The van der Waals surface area contributed by atoms with Crippen LogP contribution < -0.4 is 10.2 Å². The van der Waals surface area contributed by atoms with Crippen LogP contribution in [0.2, 0.25) is 0 Å². The van der Waals surface area contributed by atoms with Gasteiger partial charge in [-0.25, -0.2) is 26.6 Å². The number of nitrogens with one attached hydrogen (secondary N) is 1. The van der Waals surface area contributed by atoms with Crippen LogP contribution in [-0.2, 0) is 14.6 Å². The lowest BCUT2D eigenvalue weighted by Crippen LogP contribution is -2.43. The lowest BCUT2D eigenvalue weighted by Gasteiger charge is -2.28. The number of sulfone groups is 1. The highest BCUT2D eigenvalue weighted by Crippen LogP contribution is 2.39. The molecule has 0 unspecified atom stereocenters. The summed E-state index contributed by atoms with van der Waals surface area (Å²) in [5.74, 6) is -2.59. The van der Waals surface area contributed by atoms with Gasteiger partial charge in [0.1, 0.15) is 11.4 Å². The number of aromatic nitrogens is 1. The highest BCUT2D eigenvalue weighted by molar-refractivity contribution is 7.91. The number of hydrogen-bond donors (Lipinski definition) is 1. The summed E-state index contributed by atoms with van der Waals surface area (Å²) < 4.78 is 68.1. The zero-order chi connectivity index (χ0) is 30.0. The molecule has 1 saturated heterocycles. The molecule has 2 saturated carbocycles. The molecule has 1 aromatic heterocycles. The second-order valence-electron chi connectivity index (χ2n) is 11.1. The molecular formula is C30H33F3N4O4S. The van der Waals surface area contributed by atoms with Crippen molar-refractivity contribution in [1.29, 1.82) is 5.26 Å². The summed E-state index contributed by atoms with van der Waals surface area (Å²) in [6, 6.07) is 15.8. The molecule has 3 aliphatic rings. The van der Waals surface area contributed by atoms with E-state index in [9.17, 15) is 26.4 Å². The minimum absolute atomic E-state index is 0. The van der Waals surface area contributed by atoms with Crippen molar-refractivity contribution in [1.82, 2.24) is 10.3 Å². The quantitative estimate of drug-likeness (QED) is 0.403. The van der Waals surface area contributed by atoms with E-state index in [0.717, 1.165) is 11.3 Å². The zero-order valence-electron chi connectivity index (χ0n) is 22.9. The van der Waals surface area contributed by atoms with E-state index in [1.807, 2.05) is 30.3 Å². The average Bonchev–Trinajstić information content (AvgIpc) is 3.56. The van der Waals surface area contributed by atoms with Crippen molar-refractivity contribution in [3.05, 3.63) is 60.5 Å². The molecule has 1 N–H and O–H groups in total. The van der Waals surface area contributed by atoms with Gasteiger partial charge < -0.3 is 14.6 Å². The van der Waals surface area contributed by atoms with Crippen molar-refractivity contribution < 1.29 is 32.2 Å². The van der Waals surface area contributed by atoms with Crippen molar-refractivity contribution in [2.45, 2.75) is 50.0 Å². The van der Waals surface area contributed by atoms with E-state index < -0.39 is 27.2 Å². The maximum Gasteiger partial charge on any atom is 0.248 e. The van der Waals surface area contributed by atoms with Crippen LogP contribution >= 0.6 is 0 Å². The molecule has 1 amide bonds. The summed E-state index contributed by atoms with van der Waals surface area (Å²) >= 11 is 0. The topological polar surface area (TPSA) is 116 Å². The molecule has 3 fully saturated rings. The fourth-order valence-electron chi connectivity index (χ4n) is 5.06. The first-order chi connectivity index (χ1) is 20.0. The molecule has 2 aliphatic carbocycles. The zero-order valence-corrected chi connectivity index (χ0v) is 23.7. The number of oxazole rings is 1. The third kappa shape index (κ3) is 7.31. The van der Waals surface area contributed by atoms with Gasteiger partial charge in [-0.15, -0.1) is 0 Å². The Balaban J connectivity index is 0.000000215. The smallest absolute Gasteiger partial charge is 0.248 e.